The number of ether oxygens (including phenoxy) is 2. The van der Waals surface area contributed by atoms with Crippen molar-refractivity contribution in [2.75, 3.05) is 6.61 Å². The molecular weight excluding hydrogens is 364 g/mol. The standard InChI is InChI=1S/C25H24O4/c1-2-18-28-23(26)25(21-14-8-4-9-15-21,22-16-10-5-11-17-22)24(27)29-19-20-12-6-3-7-13-20/h3-17H,2,18-19H2,1H3. The summed E-state index contributed by atoms with van der Waals surface area (Å²) < 4.78 is 11.2. The molecule has 3 aromatic rings. The molecule has 0 N–H and O–H groups in total. The molecule has 0 heterocycles. The fourth-order valence-electron chi connectivity index (χ4n) is 3.23. The van der Waals surface area contributed by atoms with Gasteiger partial charge in [0.2, 0.25) is 5.41 Å². The summed E-state index contributed by atoms with van der Waals surface area (Å²) in [5.74, 6) is -1.28. The summed E-state index contributed by atoms with van der Waals surface area (Å²) in [5, 5.41) is 0. The molecule has 4 heteroatoms. The van der Waals surface area contributed by atoms with Crippen molar-refractivity contribution in [2.45, 2.75) is 25.4 Å². The van der Waals surface area contributed by atoms with Crippen LogP contribution in [0.3, 0.4) is 0 Å². The lowest BCUT2D eigenvalue weighted by Gasteiger charge is -2.30. The van der Waals surface area contributed by atoms with Gasteiger partial charge in [-0.25, -0.2) is 0 Å². The van der Waals surface area contributed by atoms with Gasteiger partial charge in [-0.15, -0.1) is 0 Å². The van der Waals surface area contributed by atoms with Gasteiger partial charge in [0.15, 0.2) is 0 Å². The lowest BCUT2D eigenvalue weighted by atomic mass is 9.74. The molecule has 0 fully saturated rings. The van der Waals surface area contributed by atoms with Crippen LogP contribution >= 0.6 is 0 Å². The normalized spacial score (nSPS) is 10.9. The number of benzene rings is 3. The summed E-state index contributed by atoms with van der Waals surface area (Å²) in [6.45, 7) is 2.21. The Bertz CT molecular complexity index is 881. The second-order valence-electron chi connectivity index (χ2n) is 6.68. The number of esters is 2. The minimum absolute atomic E-state index is 0.0716. The maximum Gasteiger partial charge on any atom is 0.333 e. The van der Waals surface area contributed by atoms with Gasteiger partial charge in [-0.1, -0.05) is 97.9 Å². The third-order valence-corrected chi connectivity index (χ3v) is 4.68. The molecule has 4 nitrogen and oxygen atoms in total. The van der Waals surface area contributed by atoms with Gasteiger partial charge >= 0.3 is 11.9 Å². The zero-order chi connectivity index (χ0) is 20.5. The van der Waals surface area contributed by atoms with Crippen LogP contribution in [-0.4, -0.2) is 18.5 Å². The Hall–Kier alpha value is -3.40. The number of rotatable bonds is 8. The average Bonchev–Trinajstić information content (AvgIpc) is 2.79. The van der Waals surface area contributed by atoms with Gasteiger partial charge in [-0.2, -0.15) is 0 Å². The van der Waals surface area contributed by atoms with Crippen molar-refractivity contribution in [2.24, 2.45) is 0 Å². The number of hydrogen-bond acceptors (Lipinski definition) is 4. The van der Waals surface area contributed by atoms with Crippen LogP contribution in [-0.2, 0) is 31.1 Å². The Kier molecular flexibility index (Phi) is 6.80. The highest BCUT2D eigenvalue weighted by Gasteiger charge is 2.52. The van der Waals surface area contributed by atoms with Crippen molar-refractivity contribution in [1.29, 1.82) is 0 Å². The van der Waals surface area contributed by atoms with Crippen LogP contribution in [0.2, 0.25) is 0 Å². The maximum absolute atomic E-state index is 13.5. The predicted molar refractivity (Wildman–Crippen MR) is 111 cm³/mol. The highest BCUT2D eigenvalue weighted by atomic mass is 16.6. The Labute approximate surface area is 171 Å². The first-order valence-electron chi connectivity index (χ1n) is 9.69. The van der Waals surface area contributed by atoms with Gasteiger partial charge in [-0.3, -0.25) is 9.59 Å². The molecule has 148 valence electrons. The molecule has 0 aliphatic rings. The minimum Gasteiger partial charge on any atom is -0.464 e. The van der Waals surface area contributed by atoms with Gasteiger partial charge in [-0.05, 0) is 23.1 Å². The van der Waals surface area contributed by atoms with E-state index in [4.69, 9.17) is 9.47 Å². The first kappa shape index (κ1) is 20.3. The number of carbonyl (C=O) groups is 2. The Morgan fingerprint density at radius 1 is 0.690 bits per heavy atom. The lowest BCUT2D eigenvalue weighted by molar-refractivity contribution is -0.163. The van der Waals surface area contributed by atoms with E-state index in [1.165, 1.54) is 0 Å². The van der Waals surface area contributed by atoms with E-state index in [0.29, 0.717) is 17.5 Å². The van der Waals surface area contributed by atoms with Gasteiger partial charge in [0.1, 0.15) is 6.61 Å². The highest BCUT2D eigenvalue weighted by molar-refractivity contribution is 6.10. The molecule has 3 rings (SSSR count). The Morgan fingerprint density at radius 2 is 1.14 bits per heavy atom. The third kappa shape index (κ3) is 4.37. The molecule has 0 amide bonds. The molecule has 0 saturated heterocycles. The summed E-state index contributed by atoms with van der Waals surface area (Å²) >= 11 is 0. The van der Waals surface area contributed by atoms with Gasteiger partial charge in [0.25, 0.3) is 0 Å². The summed E-state index contributed by atoms with van der Waals surface area (Å²) in [6.07, 6.45) is 0.657. The van der Waals surface area contributed by atoms with Crippen LogP contribution in [0.5, 0.6) is 0 Å². The lowest BCUT2D eigenvalue weighted by Crippen LogP contribution is -2.47. The fourth-order valence-corrected chi connectivity index (χ4v) is 3.23. The van der Waals surface area contributed by atoms with E-state index in [2.05, 4.69) is 0 Å². The monoisotopic (exact) mass is 388 g/mol. The summed E-state index contributed by atoms with van der Waals surface area (Å²) in [4.78, 5) is 26.9. The Morgan fingerprint density at radius 3 is 1.62 bits per heavy atom. The van der Waals surface area contributed by atoms with Crippen LogP contribution in [0.1, 0.15) is 30.0 Å². The molecule has 0 aliphatic carbocycles. The van der Waals surface area contributed by atoms with E-state index in [1.54, 1.807) is 48.5 Å². The highest BCUT2D eigenvalue weighted by Crippen LogP contribution is 2.36. The van der Waals surface area contributed by atoms with Gasteiger partial charge in [0, 0.05) is 0 Å². The molecule has 0 aromatic heterocycles. The average molecular weight is 388 g/mol. The molecule has 0 saturated carbocycles. The van der Waals surface area contributed by atoms with Crippen molar-refractivity contribution in [3.63, 3.8) is 0 Å². The molecule has 0 bridgehead atoms. The molecule has 29 heavy (non-hydrogen) atoms. The summed E-state index contributed by atoms with van der Waals surface area (Å²) in [6, 6.07) is 27.3. The van der Waals surface area contributed by atoms with E-state index in [-0.39, 0.29) is 13.2 Å². The zero-order valence-electron chi connectivity index (χ0n) is 16.4. The predicted octanol–water partition coefficient (Wildman–Crippen LogP) is 4.67. The van der Waals surface area contributed by atoms with Crippen molar-refractivity contribution in [3.8, 4) is 0 Å². The first-order valence-corrected chi connectivity index (χ1v) is 9.69. The topological polar surface area (TPSA) is 52.6 Å². The van der Waals surface area contributed by atoms with Crippen molar-refractivity contribution in [3.05, 3.63) is 108 Å². The fraction of sp³-hybridized carbons (Fsp3) is 0.200. The molecule has 0 unspecified atom stereocenters. The summed E-state index contributed by atoms with van der Waals surface area (Å²) in [7, 11) is 0. The number of carbonyl (C=O) groups excluding carboxylic acids is 2. The Balaban J connectivity index is 2.07. The second-order valence-corrected chi connectivity index (χ2v) is 6.68. The number of hydrogen-bond donors (Lipinski definition) is 0. The van der Waals surface area contributed by atoms with Crippen LogP contribution in [0.15, 0.2) is 91.0 Å². The molecular formula is C25H24O4. The molecule has 0 aliphatic heterocycles. The van der Waals surface area contributed by atoms with E-state index in [1.807, 2.05) is 49.4 Å². The maximum atomic E-state index is 13.5. The van der Waals surface area contributed by atoms with Crippen LogP contribution < -0.4 is 0 Å². The smallest absolute Gasteiger partial charge is 0.333 e. The van der Waals surface area contributed by atoms with Crippen molar-refractivity contribution in [1.82, 2.24) is 0 Å². The molecule has 0 atom stereocenters. The second kappa shape index (κ2) is 9.69. The SMILES string of the molecule is CCCOC(=O)C(C(=O)OCc1ccccc1)(c1ccccc1)c1ccccc1. The van der Waals surface area contributed by atoms with E-state index < -0.39 is 17.4 Å². The van der Waals surface area contributed by atoms with Gasteiger partial charge in [0.05, 0.1) is 6.61 Å². The quantitative estimate of drug-likeness (QED) is 0.416. The van der Waals surface area contributed by atoms with E-state index in [9.17, 15) is 9.59 Å². The minimum atomic E-state index is -1.69. The van der Waals surface area contributed by atoms with Crippen LogP contribution in [0, 0.1) is 0 Å². The van der Waals surface area contributed by atoms with E-state index >= 15 is 0 Å². The largest absolute Gasteiger partial charge is 0.464 e. The van der Waals surface area contributed by atoms with Crippen LogP contribution in [0.25, 0.3) is 0 Å². The van der Waals surface area contributed by atoms with Crippen molar-refractivity contribution < 1.29 is 19.1 Å². The molecule has 3 aromatic carbocycles. The molecule has 0 radical (unpaired) electrons. The summed E-state index contributed by atoms with van der Waals surface area (Å²) in [5.41, 5.74) is 0.195. The first-order chi connectivity index (χ1) is 14.2. The van der Waals surface area contributed by atoms with Crippen LogP contribution in [0.4, 0.5) is 0 Å². The van der Waals surface area contributed by atoms with E-state index in [0.717, 1.165) is 5.56 Å². The van der Waals surface area contributed by atoms with Crippen molar-refractivity contribution >= 4 is 11.9 Å². The zero-order valence-corrected chi connectivity index (χ0v) is 16.4. The third-order valence-electron chi connectivity index (χ3n) is 4.68. The van der Waals surface area contributed by atoms with Gasteiger partial charge < -0.3 is 9.47 Å². The molecule has 0 spiro atoms.